The SMILES string of the molecule is Cc1cc(C)cc(Nc2nc(N3CCOCC3)c3ccccc3n2)c1. The first kappa shape index (κ1) is 15.8. The number of aryl methyl sites for hydroxylation is 2. The maximum absolute atomic E-state index is 5.48. The fraction of sp³-hybridized carbons (Fsp3) is 0.300. The van der Waals surface area contributed by atoms with Gasteiger partial charge < -0.3 is 15.0 Å². The molecule has 2 heterocycles. The Labute approximate surface area is 147 Å². The topological polar surface area (TPSA) is 50.3 Å². The van der Waals surface area contributed by atoms with Gasteiger partial charge in [-0.2, -0.15) is 4.98 Å². The van der Waals surface area contributed by atoms with Crippen molar-refractivity contribution in [2.45, 2.75) is 13.8 Å². The third-order valence-electron chi connectivity index (χ3n) is 4.37. The summed E-state index contributed by atoms with van der Waals surface area (Å²) < 4.78 is 5.48. The third-order valence-corrected chi connectivity index (χ3v) is 4.37. The molecule has 0 bridgehead atoms. The molecule has 3 aromatic rings. The molecule has 1 aliphatic rings. The molecule has 0 unspecified atom stereocenters. The predicted molar refractivity (Wildman–Crippen MR) is 102 cm³/mol. The molecule has 4 rings (SSSR count). The van der Waals surface area contributed by atoms with Crippen molar-refractivity contribution in [1.29, 1.82) is 0 Å². The quantitative estimate of drug-likeness (QED) is 0.789. The summed E-state index contributed by atoms with van der Waals surface area (Å²) in [6.45, 7) is 7.36. The lowest BCUT2D eigenvalue weighted by atomic mass is 10.1. The Bertz CT molecular complexity index is 883. The monoisotopic (exact) mass is 334 g/mol. The standard InChI is InChI=1S/C20H22N4O/c1-14-11-15(2)13-16(12-14)21-20-22-18-6-4-3-5-17(18)19(23-20)24-7-9-25-10-8-24/h3-6,11-13H,7-10H2,1-2H3,(H,21,22,23). The van der Waals surface area contributed by atoms with Gasteiger partial charge in [-0.05, 0) is 49.2 Å². The van der Waals surface area contributed by atoms with Crippen molar-refractivity contribution in [1.82, 2.24) is 9.97 Å². The van der Waals surface area contributed by atoms with E-state index in [1.54, 1.807) is 0 Å². The van der Waals surface area contributed by atoms with Gasteiger partial charge in [-0.15, -0.1) is 0 Å². The van der Waals surface area contributed by atoms with E-state index >= 15 is 0 Å². The van der Waals surface area contributed by atoms with Crippen LogP contribution >= 0.6 is 0 Å². The maximum Gasteiger partial charge on any atom is 0.229 e. The van der Waals surface area contributed by atoms with Gasteiger partial charge in [-0.1, -0.05) is 18.2 Å². The molecule has 2 aromatic carbocycles. The van der Waals surface area contributed by atoms with Gasteiger partial charge in [0.15, 0.2) is 0 Å². The minimum Gasteiger partial charge on any atom is -0.378 e. The maximum atomic E-state index is 5.48. The molecule has 1 fully saturated rings. The van der Waals surface area contributed by atoms with Gasteiger partial charge in [0.1, 0.15) is 5.82 Å². The summed E-state index contributed by atoms with van der Waals surface area (Å²) in [5.74, 6) is 1.60. The van der Waals surface area contributed by atoms with Gasteiger partial charge in [0.25, 0.3) is 0 Å². The number of nitrogens with zero attached hydrogens (tertiary/aromatic N) is 3. The second-order valence-electron chi connectivity index (χ2n) is 6.49. The second kappa shape index (κ2) is 6.69. The number of para-hydroxylation sites is 1. The average Bonchev–Trinajstić information content (AvgIpc) is 2.61. The van der Waals surface area contributed by atoms with Gasteiger partial charge in [0.05, 0.1) is 18.7 Å². The average molecular weight is 334 g/mol. The predicted octanol–water partition coefficient (Wildman–Crippen LogP) is 3.83. The summed E-state index contributed by atoms with van der Waals surface area (Å²) in [7, 11) is 0. The molecule has 0 saturated carbocycles. The molecular formula is C20H22N4O. The zero-order valence-corrected chi connectivity index (χ0v) is 14.6. The lowest BCUT2D eigenvalue weighted by Crippen LogP contribution is -2.37. The number of aromatic nitrogens is 2. The van der Waals surface area contributed by atoms with E-state index in [1.807, 2.05) is 18.2 Å². The Balaban J connectivity index is 1.76. The number of nitrogens with one attached hydrogen (secondary N) is 1. The highest BCUT2D eigenvalue weighted by Crippen LogP contribution is 2.27. The van der Waals surface area contributed by atoms with E-state index in [4.69, 9.17) is 14.7 Å². The smallest absolute Gasteiger partial charge is 0.229 e. The van der Waals surface area contributed by atoms with Crippen molar-refractivity contribution in [2.24, 2.45) is 0 Å². The summed E-state index contributed by atoms with van der Waals surface area (Å²) in [5, 5.41) is 4.46. The highest BCUT2D eigenvalue weighted by Gasteiger charge is 2.17. The van der Waals surface area contributed by atoms with Gasteiger partial charge in [-0.25, -0.2) is 4.98 Å². The summed E-state index contributed by atoms with van der Waals surface area (Å²) in [6, 6.07) is 14.5. The van der Waals surface area contributed by atoms with Gasteiger partial charge in [0.2, 0.25) is 5.95 Å². The largest absolute Gasteiger partial charge is 0.378 e. The lowest BCUT2D eigenvalue weighted by Gasteiger charge is -2.29. The summed E-state index contributed by atoms with van der Waals surface area (Å²) in [6.07, 6.45) is 0. The number of fused-ring (bicyclic) bond motifs is 1. The Kier molecular flexibility index (Phi) is 4.24. The molecule has 5 nitrogen and oxygen atoms in total. The summed E-state index contributed by atoms with van der Waals surface area (Å²) >= 11 is 0. The van der Waals surface area contributed by atoms with Crippen LogP contribution in [0.1, 0.15) is 11.1 Å². The van der Waals surface area contributed by atoms with Crippen LogP contribution in [0.3, 0.4) is 0 Å². The number of ether oxygens (including phenoxy) is 1. The minimum atomic E-state index is 0.630. The molecule has 128 valence electrons. The van der Waals surface area contributed by atoms with Crippen LogP contribution in [0.2, 0.25) is 0 Å². The number of hydrogen-bond acceptors (Lipinski definition) is 5. The van der Waals surface area contributed by atoms with Crippen LogP contribution in [0.5, 0.6) is 0 Å². The van der Waals surface area contributed by atoms with Crippen LogP contribution in [0.25, 0.3) is 10.9 Å². The molecule has 25 heavy (non-hydrogen) atoms. The highest BCUT2D eigenvalue weighted by atomic mass is 16.5. The van der Waals surface area contributed by atoms with E-state index in [0.717, 1.165) is 48.7 Å². The summed E-state index contributed by atoms with van der Waals surface area (Å²) in [5.41, 5.74) is 4.40. The number of anilines is 3. The zero-order chi connectivity index (χ0) is 17.2. The van der Waals surface area contributed by atoms with Crippen molar-refractivity contribution < 1.29 is 4.74 Å². The number of benzene rings is 2. The van der Waals surface area contributed by atoms with Crippen LogP contribution in [0.4, 0.5) is 17.5 Å². The van der Waals surface area contributed by atoms with E-state index in [0.29, 0.717) is 5.95 Å². The van der Waals surface area contributed by atoms with E-state index in [-0.39, 0.29) is 0 Å². The molecule has 0 atom stereocenters. The number of hydrogen-bond donors (Lipinski definition) is 1. The Morgan fingerprint density at radius 2 is 1.68 bits per heavy atom. The van der Waals surface area contributed by atoms with Gasteiger partial charge in [0, 0.05) is 24.2 Å². The number of rotatable bonds is 3. The van der Waals surface area contributed by atoms with Crippen LogP contribution < -0.4 is 10.2 Å². The fourth-order valence-corrected chi connectivity index (χ4v) is 3.31. The zero-order valence-electron chi connectivity index (χ0n) is 14.6. The summed E-state index contributed by atoms with van der Waals surface area (Å²) in [4.78, 5) is 11.8. The van der Waals surface area contributed by atoms with Crippen molar-refractivity contribution >= 4 is 28.4 Å². The van der Waals surface area contributed by atoms with Crippen molar-refractivity contribution in [3.05, 3.63) is 53.6 Å². The molecule has 0 spiro atoms. The molecule has 1 aliphatic heterocycles. The second-order valence-corrected chi connectivity index (χ2v) is 6.49. The van der Waals surface area contributed by atoms with Crippen LogP contribution in [-0.2, 0) is 4.74 Å². The van der Waals surface area contributed by atoms with E-state index in [1.165, 1.54) is 11.1 Å². The molecular weight excluding hydrogens is 312 g/mol. The first-order valence-electron chi connectivity index (χ1n) is 8.64. The highest BCUT2D eigenvalue weighted by molar-refractivity contribution is 5.90. The fourth-order valence-electron chi connectivity index (χ4n) is 3.31. The third kappa shape index (κ3) is 3.42. The lowest BCUT2D eigenvalue weighted by molar-refractivity contribution is 0.122. The first-order valence-corrected chi connectivity index (χ1v) is 8.64. The molecule has 0 aliphatic carbocycles. The molecule has 1 saturated heterocycles. The molecule has 5 heteroatoms. The Morgan fingerprint density at radius 1 is 0.960 bits per heavy atom. The Morgan fingerprint density at radius 3 is 2.44 bits per heavy atom. The van der Waals surface area contributed by atoms with Crippen molar-refractivity contribution in [3.63, 3.8) is 0 Å². The molecule has 1 N–H and O–H groups in total. The van der Waals surface area contributed by atoms with Crippen molar-refractivity contribution in [3.8, 4) is 0 Å². The number of morpholine rings is 1. The van der Waals surface area contributed by atoms with Crippen LogP contribution in [-0.4, -0.2) is 36.3 Å². The minimum absolute atomic E-state index is 0.630. The van der Waals surface area contributed by atoms with Gasteiger partial charge >= 0.3 is 0 Å². The van der Waals surface area contributed by atoms with Crippen LogP contribution in [0, 0.1) is 13.8 Å². The van der Waals surface area contributed by atoms with Crippen molar-refractivity contribution in [2.75, 3.05) is 36.5 Å². The molecule has 0 amide bonds. The molecule has 0 radical (unpaired) electrons. The van der Waals surface area contributed by atoms with Crippen LogP contribution in [0.15, 0.2) is 42.5 Å². The Hall–Kier alpha value is -2.66. The first-order chi connectivity index (χ1) is 12.2. The normalized spacial score (nSPS) is 14.7. The molecule has 1 aromatic heterocycles. The van der Waals surface area contributed by atoms with E-state index in [9.17, 15) is 0 Å². The van der Waals surface area contributed by atoms with Gasteiger partial charge in [-0.3, -0.25) is 0 Å². The van der Waals surface area contributed by atoms with E-state index in [2.05, 4.69) is 48.3 Å². The van der Waals surface area contributed by atoms with E-state index < -0.39 is 0 Å².